The first kappa shape index (κ1) is 43.0. The normalized spacial score (nSPS) is 14.4. The first-order valence-corrected chi connectivity index (χ1v) is 16.8. The molecule has 1 heterocycles. The number of thiazole rings is 1. The van der Waals surface area contributed by atoms with Gasteiger partial charge in [-0.3, -0.25) is 14.5 Å². The Kier molecular flexibility index (Phi) is 16.9. The Morgan fingerprint density at radius 3 is 2.00 bits per heavy atom. The fourth-order valence-corrected chi connectivity index (χ4v) is 6.46. The van der Waals surface area contributed by atoms with Crippen molar-refractivity contribution in [3.8, 4) is 5.75 Å². The highest BCUT2D eigenvalue weighted by Gasteiger charge is 2.39. The molecule has 1 aliphatic rings. The largest absolute Gasteiger partial charge is 0.506 e. The molecule has 2 aromatic carbocycles. The van der Waals surface area contributed by atoms with E-state index < -0.39 is 24.3 Å². The zero-order valence-corrected chi connectivity index (χ0v) is 28.6. The minimum Gasteiger partial charge on any atom is -0.506 e. The summed E-state index contributed by atoms with van der Waals surface area (Å²) in [4.78, 5) is 49.0. The molecule has 0 saturated heterocycles. The molecule has 1 amide bonds. The smallest absolute Gasteiger partial charge is 0.490 e. The number of carboxylic acids is 2. The summed E-state index contributed by atoms with van der Waals surface area (Å²) in [5.74, 6) is -5.29. The van der Waals surface area contributed by atoms with Gasteiger partial charge in [0, 0.05) is 45.2 Å². The number of amides is 1. The summed E-state index contributed by atoms with van der Waals surface area (Å²) in [7, 11) is 0. The van der Waals surface area contributed by atoms with Crippen molar-refractivity contribution in [3.05, 3.63) is 63.3 Å². The van der Waals surface area contributed by atoms with Crippen molar-refractivity contribution in [3.63, 3.8) is 0 Å². The lowest BCUT2D eigenvalue weighted by atomic mass is 9.93. The number of hydrogen-bond donors (Lipinski definition) is 5. The number of alkyl halides is 6. The number of H-pyrrole nitrogens is 1. The van der Waals surface area contributed by atoms with Crippen molar-refractivity contribution in [2.75, 3.05) is 32.7 Å². The zero-order chi connectivity index (χ0) is 38.4. The van der Waals surface area contributed by atoms with Gasteiger partial charge >= 0.3 is 29.2 Å². The van der Waals surface area contributed by atoms with Gasteiger partial charge in [0.1, 0.15) is 11.3 Å². The Bertz CT molecular complexity index is 1580. The van der Waals surface area contributed by atoms with Crippen LogP contribution in [0.3, 0.4) is 0 Å². The van der Waals surface area contributed by atoms with E-state index in [-0.39, 0.29) is 16.5 Å². The van der Waals surface area contributed by atoms with Gasteiger partial charge in [0.05, 0.1) is 4.70 Å². The number of benzene rings is 2. The molecule has 1 aliphatic carbocycles. The number of aliphatic carboxylic acids is 2. The molecule has 6 N–H and O–H groups in total. The number of halogens is 6. The van der Waals surface area contributed by atoms with Crippen molar-refractivity contribution in [1.29, 1.82) is 0 Å². The maximum absolute atomic E-state index is 12.0. The van der Waals surface area contributed by atoms with Gasteiger partial charge in [0.25, 0.3) is 0 Å². The molecule has 1 aromatic heterocycles. The number of fused-ring (bicyclic) bond motifs is 1. The number of rotatable bonds is 13. The molecular formula is C33H42F6N4O7S. The zero-order valence-electron chi connectivity index (χ0n) is 27.8. The number of aromatic hydroxyl groups is 1. The number of hydrogen-bond acceptors (Lipinski definition) is 8. The Balaban J connectivity index is 0.000000543. The third-order valence-electron chi connectivity index (χ3n) is 8.16. The number of phenols is 1. The lowest BCUT2D eigenvalue weighted by Gasteiger charge is -2.36. The monoisotopic (exact) mass is 752 g/mol. The van der Waals surface area contributed by atoms with Gasteiger partial charge in [-0.1, -0.05) is 73.9 Å². The number of carbonyl (C=O) groups excluding carboxylic acids is 1. The fraction of sp³-hybridized carbons (Fsp3) is 0.515. The fourth-order valence-electron chi connectivity index (χ4n) is 5.56. The van der Waals surface area contributed by atoms with E-state index in [1.165, 1.54) is 49.0 Å². The molecule has 0 spiro atoms. The number of aromatic nitrogens is 1. The van der Waals surface area contributed by atoms with Crippen LogP contribution in [0.25, 0.3) is 10.2 Å². The van der Waals surface area contributed by atoms with E-state index in [4.69, 9.17) is 25.5 Å². The van der Waals surface area contributed by atoms with Crippen LogP contribution in [0.4, 0.5) is 26.3 Å². The molecule has 11 nitrogen and oxygen atoms in total. The second-order valence-electron chi connectivity index (χ2n) is 12.0. The summed E-state index contributed by atoms with van der Waals surface area (Å²) >= 11 is 1.17. The van der Waals surface area contributed by atoms with Crippen LogP contribution < -0.4 is 10.6 Å². The van der Waals surface area contributed by atoms with Gasteiger partial charge in [0.2, 0.25) is 5.91 Å². The highest BCUT2D eigenvalue weighted by atomic mass is 32.1. The third kappa shape index (κ3) is 15.3. The average Bonchev–Trinajstić information content (AvgIpc) is 3.47. The number of nitrogens with one attached hydrogen (secondary N) is 1. The molecule has 18 heteroatoms. The maximum Gasteiger partial charge on any atom is 0.490 e. The number of aromatic amines is 1. The summed E-state index contributed by atoms with van der Waals surface area (Å²) in [6.07, 6.45) is -2.72. The van der Waals surface area contributed by atoms with Crippen LogP contribution in [-0.4, -0.2) is 99.1 Å². The number of nitrogens with two attached hydrogens (primary N) is 1. The number of primary amides is 1. The van der Waals surface area contributed by atoms with Crippen molar-refractivity contribution in [2.45, 2.75) is 76.2 Å². The van der Waals surface area contributed by atoms with Gasteiger partial charge in [-0.05, 0) is 42.4 Å². The van der Waals surface area contributed by atoms with Crippen molar-refractivity contribution in [2.24, 2.45) is 5.73 Å². The van der Waals surface area contributed by atoms with E-state index in [9.17, 15) is 41.0 Å². The summed E-state index contributed by atoms with van der Waals surface area (Å²) in [6.45, 7) is 6.49. The molecule has 0 radical (unpaired) electrons. The molecular weight excluding hydrogens is 710 g/mol. The van der Waals surface area contributed by atoms with Crippen LogP contribution in [0.2, 0.25) is 0 Å². The number of carboxylic acid groups (broad SMARTS) is 2. The minimum absolute atomic E-state index is 0.124. The van der Waals surface area contributed by atoms with E-state index in [2.05, 4.69) is 46.0 Å². The van der Waals surface area contributed by atoms with E-state index in [1.807, 2.05) is 12.1 Å². The Morgan fingerprint density at radius 1 is 0.902 bits per heavy atom. The van der Waals surface area contributed by atoms with Crippen molar-refractivity contribution in [1.82, 2.24) is 14.8 Å². The number of phenolic OH excluding ortho intramolecular Hbond substituents is 1. The Labute approximate surface area is 293 Å². The second-order valence-corrected chi connectivity index (χ2v) is 13.0. The topological polar surface area (TPSA) is 177 Å². The van der Waals surface area contributed by atoms with Gasteiger partial charge in [-0.15, -0.1) is 0 Å². The van der Waals surface area contributed by atoms with E-state index in [0.29, 0.717) is 30.4 Å². The van der Waals surface area contributed by atoms with Gasteiger partial charge in [0.15, 0.2) is 0 Å². The maximum atomic E-state index is 12.0. The molecule has 1 atom stereocenters. The van der Waals surface area contributed by atoms with Crippen LogP contribution in [-0.2, 0) is 20.8 Å². The SMILES string of the molecule is C[C@H](CN(CCC(N)=O)CCN(CCc1ccc(O)c2[nH]c(=O)sc12)C1CCCCC1)c1ccccc1.O=C(O)C(F)(F)F.O=C(O)C(F)(F)F. The molecule has 0 unspecified atom stereocenters. The summed E-state index contributed by atoms with van der Waals surface area (Å²) in [6, 6.07) is 14.7. The van der Waals surface area contributed by atoms with Crippen LogP contribution in [0.1, 0.15) is 62.5 Å². The molecule has 284 valence electrons. The Morgan fingerprint density at radius 2 is 1.47 bits per heavy atom. The number of carbonyl (C=O) groups is 3. The highest BCUT2D eigenvalue weighted by molar-refractivity contribution is 7.16. The van der Waals surface area contributed by atoms with Crippen molar-refractivity contribution < 1.29 is 56.0 Å². The predicted octanol–water partition coefficient (Wildman–Crippen LogP) is 5.72. The third-order valence-corrected chi connectivity index (χ3v) is 9.12. The average molecular weight is 753 g/mol. The summed E-state index contributed by atoms with van der Waals surface area (Å²) in [5.41, 5.74) is 8.45. The van der Waals surface area contributed by atoms with Crippen LogP contribution in [0.5, 0.6) is 5.75 Å². The van der Waals surface area contributed by atoms with Gasteiger partial charge in [-0.2, -0.15) is 26.3 Å². The number of nitrogens with zero attached hydrogens (tertiary/aromatic N) is 2. The van der Waals surface area contributed by atoms with Crippen LogP contribution in [0.15, 0.2) is 47.3 Å². The van der Waals surface area contributed by atoms with Gasteiger partial charge in [-0.25, -0.2) is 9.59 Å². The lowest BCUT2D eigenvalue weighted by Crippen LogP contribution is -2.44. The minimum atomic E-state index is -5.08. The molecule has 3 aromatic rings. The molecule has 51 heavy (non-hydrogen) atoms. The van der Waals surface area contributed by atoms with E-state index >= 15 is 0 Å². The van der Waals surface area contributed by atoms with Gasteiger partial charge < -0.3 is 30.9 Å². The van der Waals surface area contributed by atoms with Crippen LogP contribution >= 0.6 is 11.3 Å². The molecule has 4 rings (SSSR count). The van der Waals surface area contributed by atoms with E-state index in [0.717, 1.165) is 42.9 Å². The van der Waals surface area contributed by atoms with Crippen LogP contribution in [0, 0.1) is 0 Å². The summed E-state index contributed by atoms with van der Waals surface area (Å²) < 4.78 is 64.3. The van der Waals surface area contributed by atoms with Crippen molar-refractivity contribution >= 4 is 39.4 Å². The predicted molar refractivity (Wildman–Crippen MR) is 179 cm³/mol. The second kappa shape index (κ2) is 20.0. The molecule has 0 aliphatic heterocycles. The summed E-state index contributed by atoms with van der Waals surface area (Å²) in [5, 5.41) is 24.4. The molecule has 0 bridgehead atoms. The quantitative estimate of drug-likeness (QED) is 0.137. The standard InChI is InChI=1S/C29H40N4O3S.2C2HF3O2/c1-21(22-8-4-2-5-9-22)20-32(16-15-26(30)35)18-19-33(24-10-6-3-7-11-24)17-14-23-12-13-25(34)27-28(23)37-29(36)31-27;2*3-2(4,5)1(6)7/h2,4-5,8-9,12-13,21,24,34H,3,6-7,10-11,14-20H2,1H3,(H2,30,35)(H,31,36);2*(H,6,7)/t21-;;/m1../s1. The highest BCUT2D eigenvalue weighted by Crippen LogP contribution is 2.29. The first-order valence-electron chi connectivity index (χ1n) is 16.0. The molecule has 1 saturated carbocycles. The van der Waals surface area contributed by atoms with E-state index in [1.54, 1.807) is 6.07 Å². The Hall–Kier alpha value is -4.16. The molecule has 1 fully saturated rings. The lowest BCUT2D eigenvalue weighted by molar-refractivity contribution is -0.193. The first-order chi connectivity index (χ1) is 23.8.